The average Bonchev–Trinajstić information content (AvgIpc) is 3.31. The summed E-state index contributed by atoms with van der Waals surface area (Å²) < 4.78 is 5.36. The molecule has 3 N–H and O–H groups in total. The summed E-state index contributed by atoms with van der Waals surface area (Å²) in [6, 6.07) is 18.5. The number of rotatable bonds is 7. The van der Waals surface area contributed by atoms with Gasteiger partial charge in [-0.3, -0.25) is 9.59 Å². The normalized spacial score (nSPS) is 14.0. The number of carbonyl (C=O) groups is 2. The van der Waals surface area contributed by atoms with Gasteiger partial charge in [0.1, 0.15) is 11.3 Å². The number of methoxy groups -OCH3 is 1. The van der Waals surface area contributed by atoms with Crippen LogP contribution < -0.4 is 15.5 Å². The van der Waals surface area contributed by atoms with Gasteiger partial charge in [0.25, 0.3) is 11.8 Å². The number of anilines is 3. The van der Waals surface area contributed by atoms with E-state index in [4.69, 9.17) is 4.74 Å². The first-order valence-electron chi connectivity index (χ1n) is 12.7. The SMILES string of the molecule is COCc1cc(C(=O)Nc2ccccc2N2CCN(C)CC2)ccc1C(=O)Nc1cccc2[nH]c(C)nc12. The molecule has 1 aliphatic rings. The summed E-state index contributed by atoms with van der Waals surface area (Å²) in [5, 5.41) is 6.03. The van der Waals surface area contributed by atoms with Crippen molar-refractivity contribution in [3.8, 4) is 0 Å². The number of aromatic amines is 1. The fraction of sp³-hybridized carbons (Fsp3) is 0.276. The Kier molecular flexibility index (Phi) is 7.39. The molecule has 0 bridgehead atoms. The lowest BCUT2D eigenvalue weighted by atomic mass is 10.0. The highest BCUT2D eigenvalue weighted by Gasteiger charge is 2.20. The number of nitrogens with one attached hydrogen (secondary N) is 3. The molecule has 0 unspecified atom stereocenters. The number of para-hydroxylation sites is 3. The predicted octanol–water partition coefficient (Wildman–Crippen LogP) is 4.27. The Morgan fingerprint density at radius 2 is 1.68 bits per heavy atom. The molecule has 0 spiro atoms. The van der Waals surface area contributed by atoms with E-state index >= 15 is 0 Å². The monoisotopic (exact) mass is 512 g/mol. The number of benzene rings is 3. The molecule has 3 aromatic carbocycles. The molecule has 1 fully saturated rings. The zero-order valence-corrected chi connectivity index (χ0v) is 21.9. The number of nitrogens with zero attached hydrogens (tertiary/aromatic N) is 3. The van der Waals surface area contributed by atoms with Gasteiger partial charge < -0.3 is 30.2 Å². The smallest absolute Gasteiger partial charge is 0.256 e. The molecule has 1 aliphatic heterocycles. The van der Waals surface area contributed by atoms with Crippen LogP contribution in [-0.4, -0.2) is 67.0 Å². The topological polar surface area (TPSA) is 103 Å². The molecular weight excluding hydrogens is 480 g/mol. The van der Waals surface area contributed by atoms with Crippen molar-refractivity contribution in [3.63, 3.8) is 0 Å². The van der Waals surface area contributed by atoms with Crippen LogP contribution >= 0.6 is 0 Å². The van der Waals surface area contributed by atoms with E-state index in [2.05, 4.69) is 37.4 Å². The molecule has 5 rings (SSSR count). The summed E-state index contributed by atoms with van der Waals surface area (Å²) in [6.45, 7) is 5.80. The number of amides is 2. The minimum atomic E-state index is -0.294. The molecule has 0 aliphatic carbocycles. The number of fused-ring (bicyclic) bond motifs is 1. The van der Waals surface area contributed by atoms with E-state index in [0.29, 0.717) is 27.9 Å². The van der Waals surface area contributed by atoms with Crippen molar-refractivity contribution in [3.05, 3.63) is 83.2 Å². The highest BCUT2D eigenvalue weighted by molar-refractivity contribution is 6.10. The third-order valence-electron chi connectivity index (χ3n) is 6.79. The third-order valence-corrected chi connectivity index (χ3v) is 6.79. The van der Waals surface area contributed by atoms with E-state index in [9.17, 15) is 9.59 Å². The van der Waals surface area contributed by atoms with Gasteiger partial charge in [0, 0.05) is 44.4 Å². The molecule has 0 saturated carbocycles. The Bertz CT molecular complexity index is 1470. The number of aromatic nitrogens is 2. The van der Waals surface area contributed by atoms with Crippen molar-refractivity contribution >= 4 is 39.9 Å². The number of hydrogen-bond acceptors (Lipinski definition) is 6. The van der Waals surface area contributed by atoms with Crippen molar-refractivity contribution in [1.82, 2.24) is 14.9 Å². The fourth-order valence-corrected chi connectivity index (χ4v) is 4.77. The maximum Gasteiger partial charge on any atom is 0.256 e. The van der Waals surface area contributed by atoms with Gasteiger partial charge in [0.2, 0.25) is 0 Å². The summed E-state index contributed by atoms with van der Waals surface area (Å²) in [7, 11) is 3.68. The van der Waals surface area contributed by atoms with Crippen LogP contribution in [0.2, 0.25) is 0 Å². The van der Waals surface area contributed by atoms with E-state index in [1.54, 1.807) is 25.3 Å². The molecule has 9 heteroatoms. The second-order valence-corrected chi connectivity index (χ2v) is 9.54. The number of imidazole rings is 1. The van der Waals surface area contributed by atoms with Crippen LogP contribution in [0.5, 0.6) is 0 Å². The fourth-order valence-electron chi connectivity index (χ4n) is 4.77. The first-order chi connectivity index (χ1) is 18.4. The molecule has 38 heavy (non-hydrogen) atoms. The Balaban J connectivity index is 1.36. The van der Waals surface area contributed by atoms with Crippen LogP contribution in [0, 0.1) is 6.92 Å². The van der Waals surface area contributed by atoms with Crippen molar-refractivity contribution in [2.45, 2.75) is 13.5 Å². The van der Waals surface area contributed by atoms with Crippen LogP contribution in [0.4, 0.5) is 17.1 Å². The van der Waals surface area contributed by atoms with Crippen LogP contribution in [0.15, 0.2) is 60.7 Å². The molecule has 9 nitrogen and oxygen atoms in total. The molecule has 0 atom stereocenters. The van der Waals surface area contributed by atoms with Crippen LogP contribution in [0.3, 0.4) is 0 Å². The standard InChI is InChI=1S/C29H32N6O3/c1-19-30-24-8-6-9-25(27(24)31-19)33-29(37)22-12-11-20(17-21(22)18-38-3)28(36)32-23-7-4-5-10-26(23)35-15-13-34(2)14-16-35/h4-12,17H,13-16,18H2,1-3H3,(H,30,31)(H,32,36)(H,33,37). The predicted molar refractivity (Wildman–Crippen MR) is 150 cm³/mol. The van der Waals surface area contributed by atoms with Crippen LogP contribution in [0.1, 0.15) is 32.1 Å². The molecule has 1 aromatic heterocycles. The van der Waals surface area contributed by atoms with Gasteiger partial charge in [-0.1, -0.05) is 18.2 Å². The van der Waals surface area contributed by atoms with Crippen LogP contribution in [0.25, 0.3) is 11.0 Å². The number of piperazine rings is 1. The van der Waals surface area contributed by atoms with E-state index in [0.717, 1.165) is 48.9 Å². The number of ether oxygens (including phenoxy) is 1. The molecule has 4 aromatic rings. The minimum Gasteiger partial charge on any atom is -0.380 e. The van der Waals surface area contributed by atoms with E-state index < -0.39 is 0 Å². The van der Waals surface area contributed by atoms with Crippen molar-refractivity contribution < 1.29 is 14.3 Å². The number of likely N-dealkylation sites (N-methyl/N-ethyl adjacent to an activating group) is 1. The highest BCUT2D eigenvalue weighted by atomic mass is 16.5. The first-order valence-corrected chi connectivity index (χ1v) is 12.7. The quantitative estimate of drug-likeness (QED) is 0.342. The third kappa shape index (κ3) is 5.39. The lowest BCUT2D eigenvalue weighted by Gasteiger charge is -2.35. The molecule has 2 heterocycles. The van der Waals surface area contributed by atoms with Gasteiger partial charge in [-0.05, 0) is 62.0 Å². The average molecular weight is 513 g/mol. The maximum atomic E-state index is 13.3. The molecule has 1 saturated heterocycles. The Hall–Kier alpha value is -4.21. The number of carbonyl (C=O) groups excluding carboxylic acids is 2. The molecule has 0 radical (unpaired) electrons. The van der Waals surface area contributed by atoms with Crippen molar-refractivity contribution in [1.29, 1.82) is 0 Å². The largest absolute Gasteiger partial charge is 0.380 e. The first kappa shape index (κ1) is 25.4. The summed E-state index contributed by atoms with van der Waals surface area (Å²) in [5.74, 6) is 0.233. The van der Waals surface area contributed by atoms with Crippen LogP contribution in [-0.2, 0) is 11.3 Å². The van der Waals surface area contributed by atoms with Gasteiger partial charge in [-0.25, -0.2) is 4.98 Å². The van der Waals surface area contributed by atoms with Crippen molar-refractivity contribution in [2.75, 3.05) is 55.9 Å². The van der Waals surface area contributed by atoms with Gasteiger partial charge in [-0.2, -0.15) is 0 Å². The molecular formula is C29H32N6O3. The second-order valence-electron chi connectivity index (χ2n) is 9.54. The molecule has 2 amide bonds. The van der Waals surface area contributed by atoms with E-state index in [1.807, 2.05) is 49.4 Å². The van der Waals surface area contributed by atoms with Crippen molar-refractivity contribution in [2.24, 2.45) is 0 Å². The number of aryl methyl sites for hydroxylation is 1. The summed E-state index contributed by atoms with van der Waals surface area (Å²) in [4.78, 5) is 38.8. The summed E-state index contributed by atoms with van der Waals surface area (Å²) in [5.41, 5.74) is 5.43. The number of H-pyrrole nitrogens is 1. The molecule has 196 valence electrons. The summed E-state index contributed by atoms with van der Waals surface area (Å²) in [6.07, 6.45) is 0. The minimum absolute atomic E-state index is 0.188. The van der Waals surface area contributed by atoms with Gasteiger partial charge >= 0.3 is 0 Å². The Morgan fingerprint density at radius 1 is 0.947 bits per heavy atom. The number of hydrogen-bond donors (Lipinski definition) is 3. The zero-order chi connectivity index (χ0) is 26.6. The van der Waals surface area contributed by atoms with Gasteiger partial charge in [0.15, 0.2) is 0 Å². The van der Waals surface area contributed by atoms with Gasteiger partial charge in [-0.15, -0.1) is 0 Å². The van der Waals surface area contributed by atoms with Gasteiger partial charge in [0.05, 0.1) is 29.2 Å². The van der Waals surface area contributed by atoms with E-state index in [1.165, 1.54) is 0 Å². The second kappa shape index (κ2) is 11.0. The maximum absolute atomic E-state index is 13.3. The van der Waals surface area contributed by atoms with E-state index in [-0.39, 0.29) is 18.4 Å². The lowest BCUT2D eigenvalue weighted by molar-refractivity contribution is 0.101. The lowest BCUT2D eigenvalue weighted by Crippen LogP contribution is -2.44. The highest BCUT2D eigenvalue weighted by Crippen LogP contribution is 2.28. The zero-order valence-electron chi connectivity index (χ0n) is 21.9. The Morgan fingerprint density at radius 3 is 2.47 bits per heavy atom. The summed E-state index contributed by atoms with van der Waals surface area (Å²) >= 11 is 0. The Labute approximate surface area is 221 Å².